The number of nitrogens with zero attached hydrogens (tertiary/aromatic N) is 2. The van der Waals surface area contributed by atoms with Crippen molar-refractivity contribution in [2.45, 2.75) is 57.8 Å². The molecular formula is C19H24BN3O3. The number of ether oxygens (including phenoxy) is 1. The van der Waals surface area contributed by atoms with Gasteiger partial charge in [-0.25, -0.2) is 4.98 Å². The maximum Gasteiger partial charge on any atom is 0.496 e. The van der Waals surface area contributed by atoms with Gasteiger partial charge in [-0.05, 0) is 58.2 Å². The summed E-state index contributed by atoms with van der Waals surface area (Å²) in [6.45, 7) is 8.10. The first kappa shape index (κ1) is 17.3. The van der Waals surface area contributed by atoms with Crippen molar-refractivity contribution in [3.8, 4) is 5.75 Å². The molecular weight excluding hydrogens is 329 g/mol. The number of aromatic nitrogens is 2. The van der Waals surface area contributed by atoms with E-state index in [0.29, 0.717) is 11.6 Å². The molecule has 2 aromatic heterocycles. The minimum Gasteiger partial charge on any atom is -0.480 e. The number of rotatable bonds is 3. The number of hydrogen-bond acceptors (Lipinski definition) is 6. The van der Waals surface area contributed by atoms with Crippen molar-refractivity contribution in [3.05, 3.63) is 41.9 Å². The number of nitrogens with two attached hydrogens (primary N) is 1. The number of aryl methyl sites for hydroxylation is 1. The molecule has 1 atom stereocenters. The molecule has 0 aromatic carbocycles. The monoisotopic (exact) mass is 353 g/mol. The van der Waals surface area contributed by atoms with Crippen LogP contribution in [-0.4, -0.2) is 28.3 Å². The Labute approximate surface area is 154 Å². The summed E-state index contributed by atoms with van der Waals surface area (Å²) >= 11 is 0. The van der Waals surface area contributed by atoms with Crippen LogP contribution in [0.1, 0.15) is 51.5 Å². The van der Waals surface area contributed by atoms with Crippen LogP contribution < -0.4 is 15.9 Å². The van der Waals surface area contributed by atoms with Gasteiger partial charge in [0.25, 0.3) is 0 Å². The minimum absolute atomic E-state index is 0.108. The third kappa shape index (κ3) is 2.85. The molecule has 4 rings (SSSR count). The molecule has 1 unspecified atom stereocenters. The van der Waals surface area contributed by atoms with Gasteiger partial charge in [-0.1, -0.05) is 6.07 Å². The summed E-state index contributed by atoms with van der Waals surface area (Å²) in [5.74, 6) is 0.898. The number of nitrogen functional groups attached to an aromatic ring is 1. The van der Waals surface area contributed by atoms with Gasteiger partial charge in [-0.15, -0.1) is 0 Å². The average Bonchev–Trinajstić information content (AvgIpc) is 3.08. The first-order valence-electron chi connectivity index (χ1n) is 8.98. The van der Waals surface area contributed by atoms with E-state index in [9.17, 15) is 0 Å². The first-order valence-corrected chi connectivity index (χ1v) is 8.98. The van der Waals surface area contributed by atoms with Crippen molar-refractivity contribution in [1.29, 1.82) is 0 Å². The predicted octanol–water partition coefficient (Wildman–Crippen LogP) is 2.42. The van der Waals surface area contributed by atoms with Gasteiger partial charge >= 0.3 is 7.12 Å². The van der Waals surface area contributed by atoms with Crippen molar-refractivity contribution in [1.82, 2.24) is 9.97 Å². The van der Waals surface area contributed by atoms with E-state index in [1.165, 1.54) is 5.56 Å². The zero-order valence-corrected chi connectivity index (χ0v) is 15.7. The van der Waals surface area contributed by atoms with Gasteiger partial charge in [0.2, 0.25) is 0 Å². The van der Waals surface area contributed by atoms with Gasteiger partial charge < -0.3 is 19.8 Å². The lowest BCUT2D eigenvalue weighted by Gasteiger charge is -2.32. The van der Waals surface area contributed by atoms with Gasteiger partial charge in [0, 0.05) is 17.9 Å². The maximum absolute atomic E-state index is 6.18. The number of pyridine rings is 2. The highest BCUT2D eigenvalue weighted by molar-refractivity contribution is 6.62. The zero-order valence-electron chi connectivity index (χ0n) is 15.7. The maximum atomic E-state index is 6.18. The molecule has 1 aliphatic carbocycles. The summed E-state index contributed by atoms with van der Waals surface area (Å²) in [5, 5.41) is 0. The molecule has 0 spiro atoms. The van der Waals surface area contributed by atoms with Crippen LogP contribution in [-0.2, 0) is 15.7 Å². The Morgan fingerprint density at radius 1 is 1.19 bits per heavy atom. The van der Waals surface area contributed by atoms with E-state index in [1.807, 2.05) is 39.8 Å². The Bertz CT molecular complexity index is 825. The van der Waals surface area contributed by atoms with E-state index in [2.05, 4.69) is 16.0 Å². The second-order valence-corrected chi connectivity index (χ2v) is 7.93. The van der Waals surface area contributed by atoms with Crippen molar-refractivity contribution in [2.24, 2.45) is 0 Å². The first-order chi connectivity index (χ1) is 12.3. The van der Waals surface area contributed by atoms with Crippen LogP contribution in [0, 0.1) is 0 Å². The fourth-order valence-electron chi connectivity index (χ4n) is 3.32. The molecule has 2 N–H and O–H groups in total. The second-order valence-electron chi connectivity index (χ2n) is 7.93. The van der Waals surface area contributed by atoms with Crippen LogP contribution in [0.15, 0.2) is 30.6 Å². The van der Waals surface area contributed by atoms with Crippen LogP contribution in [0.25, 0.3) is 0 Å². The van der Waals surface area contributed by atoms with E-state index in [4.69, 9.17) is 19.8 Å². The fourth-order valence-corrected chi connectivity index (χ4v) is 3.32. The molecule has 26 heavy (non-hydrogen) atoms. The van der Waals surface area contributed by atoms with E-state index in [0.717, 1.165) is 24.0 Å². The molecule has 3 heterocycles. The zero-order chi connectivity index (χ0) is 18.5. The van der Waals surface area contributed by atoms with Crippen LogP contribution >= 0.6 is 0 Å². The molecule has 0 radical (unpaired) electrons. The second kappa shape index (κ2) is 5.96. The van der Waals surface area contributed by atoms with Crippen LogP contribution in [0.3, 0.4) is 0 Å². The molecule has 1 aliphatic heterocycles. The van der Waals surface area contributed by atoms with Crippen LogP contribution in [0.2, 0.25) is 0 Å². The summed E-state index contributed by atoms with van der Waals surface area (Å²) in [6.07, 6.45) is 5.21. The molecule has 6 nitrogen and oxygen atoms in total. The van der Waals surface area contributed by atoms with Gasteiger partial charge in [-0.3, -0.25) is 4.98 Å². The highest BCUT2D eigenvalue weighted by Gasteiger charge is 2.52. The smallest absolute Gasteiger partial charge is 0.480 e. The Hall–Kier alpha value is -2.12. The molecule has 7 heteroatoms. The van der Waals surface area contributed by atoms with E-state index < -0.39 is 18.3 Å². The Balaban J connectivity index is 1.59. The summed E-state index contributed by atoms with van der Waals surface area (Å²) < 4.78 is 18.4. The van der Waals surface area contributed by atoms with Gasteiger partial charge in [0.05, 0.1) is 16.9 Å². The minimum atomic E-state index is -0.496. The standard InChI is InChI=1S/C19H24BN3O3/c1-18(2)19(3,4)26-20(25-18)13-10-15(17(21)23-11-13)24-14-8-7-12-6-5-9-22-16(12)14/h5-6,9-11,14H,7-8H2,1-4H3,(H2,21,23). The molecule has 136 valence electrons. The quantitative estimate of drug-likeness (QED) is 0.854. The number of hydrogen-bond donors (Lipinski definition) is 1. The largest absolute Gasteiger partial charge is 0.496 e. The van der Waals surface area contributed by atoms with Crippen molar-refractivity contribution < 1.29 is 14.0 Å². The lowest BCUT2D eigenvalue weighted by atomic mass is 9.80. The van der Waals surface area contributed by atoms with Crippen LogP contribution in [0.5, 0.6) is 5.75 Å². The summed E-state index contributed by atoms with van der Waals surface area (Å²) in [6, 6.07) is 5.91. The molecule has 2 aromatic rings. The molecule has 0 saturated carbocycles. The SMILES string of the molecule is CC1(C)OB(c2cnc(N)c(OC3CCc4cccnc43)c2)OC1(C)C. The van der Waals surface area contributed by atoms with Crippen molar-refractivity contribution in [3.63, 3.8) is 0 Å². The summed E-state index contributed by atoms with van der Waals surface area (Å²) in [7, 11) is -0.496. The highest BCUT2D eigenvalue weighted by Crippen LogP contribution is 2.38. The van der Waals surface area contributed by atoms with E-state index in [-0.39, 0.29) is 6.10 Å². The van der Waals surface area contributed by atoms with Gasteiger partial charge in [0.1, 0.15) is 6.10 Å². The number of fused-ring (bicyclic) bond motifs is 1. The topological polar surface area (TPSA) is 79.5 Å². The molecule has 1 fully saturated rings. The average molecular weight is 353 g/mol. The van der Waals surface area contributed by atoms with Gasteiger partial charge in [-0.2, -0.15) is 0 Å². The predicted molar refractivity (Wildman–Crippen MR) is 100 cm³/mol. The van der Waals surface area contributed by atoms with Crippen molar-refractivity contribution >= 4 is 18.4 Å². The third-order valence-corrected chi connectivity index (χ3v) is 5.60. The molecule has 2 aliphatic rings. The lowest BCUT2D eigenvalue weighted by molar-refractivity contribution is 0.00578. The Kier molecular flexibility index (Phi) is 3.97. The van der Waals surface area contributed by atoms with E-state index in [1.54, 1.807) is 12.4 Å². The molecule has 1 saturated heterocycles. The fraction of sp³-hybridized carbons (Fsp3) is 0.474. The normalized spacial score (nSPS) is 23.1. The molecule has 0 amide bonds. The Morgan fingerprint density at radius 3 is 2.65 bits per heavy atom. The Morgan fingerprint density at radius 2 is 1.92 bits per heavy atom. The highest BCUT2D eigenvalue weighted by atomic mass is 16.7. The number of anilines is 1. The third-order valence-electron chi connectivity index (χ3n) is 5.60. The van der Waals surface area contributed by atoms with E-state index >= 15 is 0 Å². The van der Waals surface area contributed by atoms with Crippen molar-refractivity contribution in [2.75, 3.05) is 5.73 Å². The summed E-state index contributed by atoms with van der Waals surface area (Å²) in [4.78, 5) is 8.76. The summed E-state index contributed by atoms with van der Waals surface area (Å²) in [5.41, 5.74) is 8.24. The van der Waals surface area contributed by atoms with Gasteiger partial charge in [0.15, 0.2) is 11.6 Å². The lowest BCUT2D eigenvalue weighted by Crippen LogP contribution is -2.41. The van der Waals surface area contributed by atoms with Crippen LogP contribution in [0.4, 0.5) is 5.82 Å². The molecule has 0 bridgehead atoms.